The number of esters is 1. The molecular weight excluding hydrogens is 403 g/mol. The molecule has 0 aliphatic carbocycles. The molecule has 3 rings (SSSR count). The Morgan fingerprint density at radius 2 is 1.97 bits per heavy atom. The zero-order valence-corrected chi connectivity index (χ0v) is 18.3. The number of halogens is 1. The van der Waals surface area contributed by atoms with Gasteiger partial charge in [-0.3, -0.25) is 9.88 Å². The molecule has 2 unspecified atom stereocenters. The monoisotopic (exact) mass is 430 g/mol. The van der Waals surface area contributed by atoms with Crippen LogP contribution in [0.1, 0.15) is 44.5 Å². The lowest BCUT2D eigenvalue weighted by atomic mass is 9.95. The molecule has 1 aromatic carbocycles. The predicted molar refractivity (Wildman–Crippen MR) is 112 cm³/mol. The number of hydrogen-bond donors (Lipinski definition) is 0. The molecule has 1 aliphatic rings. The highest BCUT2D eigenvalue weighted by Gasteiger charge is 2.41. The smallest absolute Gasteiger partial charge is 0.410 e. The number of hydrogen-bond acceptors (Lipinski definition) is 6. The fraction of sp³-hybridized carbons (Fsp3) is 0.435. The van der Waals surface area contributed by atoms with E-state index in [4.69, 9.17) is 14.2 Å². The molecule has 1 aliphatic heterocycles. The van der Waals surface area contributed by atoms with Gasteiger partial charge >= 0.3 is 12.1 Å². The summed E-state index contributed by atoms with van der Waals surface area (Å²) >= 11 is 0. The maximum atomic E-state index is 14.8. The van der Waals surface area contributed by atoms with Crippen molar-refractivity contribution in [1.82, 2.24) is 9.88 Å². The van der Waals surface area contributed by atoms with E-state index in [0.717, 1.165) is 6.42 Å². The Morgan fingerprint density at radius 3 is 2.58 bits per heavy atom. The van der Waals surface area contributed by atoms with Gasteiger partial charge in [-0.05, 0) is 52.3 Å². The molecule has 0 bridgehead atoms. The molecule has 166 valence electrons. The van der Waals surface area contributed by atoms with E-state index in [-0.39, 0.29) is 35.9 Å². The third kappa shape index (κ3) is 5.13. The van der Waals surface area contributed by atoms with Crippen LogP contribution in [0.3, 0.4) is 0 Å². The number of rotatable bonds is 5. The number of nitrogens with zero attached hydrogens (tertiary/aromatic N) is 2. The van der Waals surface area contributed by atoms with Gasteiger partial charge in [0, 0.05) is 35.6 Å². The van der Waals surface area contributed by atoms with Gasteiger partial charge < -0.3 is 14.2 Å². The van der Waals surface area contributed by atoms with Gasteiger partial charge in [0.1, 0.15) is 23.8 Å². The number of pyridine rings is 1. The number of methoxy groups -OCH3 is 1. The number of aromatic nitrogens is 1. The van der Waals surface area contributed by atoms with Crippen molar-refractivity contribution in [3.63, 3.8) is 0 Å². The summed E-state index contributed by atoms with van der Waals surface area (Å²) in [5, 5.41) is 0. The maximum Gasteiger partial charge on any atom is 0.410 e. The molecule has 1 aromatic heterocycles. The molecule has 1 amide bonds. The summed E-state index contributed by atoms with van der Waals surface area (Å²) in [4.78, 5) is 29.9. The Balaban J connectivity index is 1.70. The zero-order chi connectivity index (χ0) is 22.8. The number of carbonyl (C=O) groups is 2. The van der Waals surface area contributed by atoms with E-state index in [1.54, 1.807) is 23.1 Å². The number of carbonyl (C=O) groups excluding carboxylic acids is 2. The zero-order valence-electron chi connectivity index (χ0n) is 18.3. The molecular formula is C23H27FN2O5. The summed E-state index contributed by atoms with van der Waals surface area (Å²) in [5.74, 6) is -0.803. The molecule has 1 saturated heterocycles. The van der Waals surface area contributed by atoms with Crippen molar-refractivity contribution in [3.05, 3.63) is 48.0 Å². The molecule has 7 nitrogen and oxygen atoms in total. The van der Waals surface area contributed by atoms with E-state index in [1.807, 2.05) is 27.7 Å². The van der Waals surface area contributed by atoms with Crippen molar-refractivity contribution in [1.29, 1.82) is 0 Å². The number of likely N-dealkylation sites (tertiary alicyclic amines) is 1. The van der Waals surface area contributed by atoms with Crippen LogP contribution in [-0.2, 0) is 9.47 Å². The van der Waals surface area contributed by atoms with Crippen LogP contribution in [0.15, 0.2) is 36.7 Å². The molecule has 0 N–H and O–H groups in total. The molecule has 2 aromatic rings. The molecule has 1 fully saturated rings. The van der Waals surface area contributed by atoms with Crippen LogP contribution in [0.25, 0.3) is 11.1 Å². The second-order valence-electron chi connectivity index (χ2n) is 8.49. The van der Waals surface area contributed by atoms with Gasteiger partial charge in [0.25, 0.3) is 0 Å². The first-order chi connectivity index (χ1) is 14.6. The highest BCUT2D eigenvalue weighted by atomic mass is 19.1. The maximum absolute atomic E-state index is 14.8. The van der Waals surface area contributed by atoms with Gasteiger partial charge in [-0.15, -0.1) is 0 Å². The molecule has 2 heterocycles. The number of amides is 1. The Bertz CT molecular complexity index is 973. The van der Waals surface area contributed by atoms with E-state index < -0.39 is 17.4 Å². The van der Waals surface area contributed by atoms with Crippen LogP contribution >= 0.6 is 0 Å². The first-order valence-corrected chi connectivity index (χ1v) is 10.1. The van der Waals surface area contributed by atoms with Crippen molar-refractivity contribution >= 4 is 12.1 Å². The molecule has 0 saturated carbocycles. The normalized spacial score (nSPS) is 18.2. The largest absolute Gasteiger partial charge is 0.491 e. The highest BCUT2D eigenvalue weighted by Crippen LogP contribution is 2.31. The van der Waals surface area contributed by atoms with E-state index in [1.165, 1.54) is 25.6 Å². The van der Waals surface area contributed by atoms with Crippen LogP contribution in [0.2, 0.25) is 0 Å². The van der Waals surface area contributed by atoms with Crippen molar-refractivity contribution < 1.29 is 28.2 Å². The van der Waals surface area contributed by atoms with E-state index in [9.17, 15) is 14.0 Å². The van der Waals surface area contributed by atoms with Gasteiger partial charge in [-0.1, -0.05) is 0 Å². The van der Waals surface area contributed by atoms with E-state index in [2.05, 4.69) is 4.98 Å². The summed E-state index contributed by atoms with van der Waals surface area (Å²) in [5.41, 5.74) is 0.221. The summed E-state index contributed by atoms with van der Waals surface area (Å²) in [6.45, 7) is 7.63. The molecule has 0 radical (unpaired) electrons. The van der Waals surface area contributed by atoms with E-state index in [0.29, 0.717) is 11.3 Å². The fourth-order valence-corrected chi connectivity index (χ4v) is 3.53. The molecule has 31 heavy (non-hydrogen) atoms. The van der Waals surface area contributed by atoms with Gasteiger partial charge in [0.2, 0.25) is 0 Å². The average Bonchev–Trinajstić information content (AvgIpc) is 2.69. The van der Waals surface area contributed by atoms with Crippen molar-refractivity contribution in [2.45, 2.75) is 51.8 Å². The molecule has 0 spiro atoms. The Kier molecular flexibility index (Phi) is 6.48. The van der Waals surface area contributed by atoms with Crippen LogP contribution in [0.5, 0.6) is 5.75 Å². The minimum atomic E-state index is -0.593. The number of benzene rings is 1. The van der Waals surface area contributed by atoms with Gasteiger partial charge in [0.05, 0.1) is 18.7 Å². The topological polar surface area (TPSA) is 78.0 Å². The standard InChI is InChI=1S/C23H27FN2O5/c1-14-10-15(26(14)22(28)31-23(2,3)4)13-30-16-6-7-18(20(24)11-16)17-8-9-25-12-19(17)21(27)29-5/h6-9,11-12,14-15H,10,13H2,1-5H3. The van der Waals surface area contributed by atoms with Crippen molar-refractivity contribution in [2.24, 2.45) is 0 Å². The van der Waals surface area contributed by atoms with Crippen LogP contribution < -0.4 is 4.74 Å². The van der Waals surface area contributed by atoms with Crippen molar-refractivity contribution in [3.8, 4) is 16.9 Å². The third-order valence-corrected chi connectivity index (χ3v) is 4.99. The summed E-state index contributed by atoms with van der Waals surface area (Å²) < 4.78 is 30.8. The Hall–Kier alpha value is -3.16. The van der Waals surface area contributed by atoms with Gasteiger partial charge in [0.15, 0.2) is 0 Å². The highest BCUT2D eigenvalue weighted by molar-refractivity contribution is 5.96. The second kappa shape index (κ2) is 8.91. The first kappa shape index (κ1) is 22.5. The van der Waals surface area contributed by atoms with Crippen LogP contribution in [0.4, 0.5) is 9.18 Å². The average molecular weight is 430 g/mol. The third-order valence-electron chi connectivity index (χ3n) is 4.99. The first-order valence-electron chi connectivity index (χ1n) is 10.1. The SMILES string of the molecule is COC(=O)c1cnccc1-c1ccc(OCC2CC(C)N2C(=O)OC(C)(C)C)cc1F. The van der Waals surface area contributed by atoms with E-state index >= 15 is 0 Å². The Labute approximate surface area is 181 Å². The summed E-state index contributed by atoms with van der Waals surface area (Å²) in [7, 11) is 1.26. The van der Waals surface area contributed by atoms with Crippen molar-refractivity contribution in [2.75, 3.05) is 13.7 Å². The number of ether oxygens (including phenoxy) is 3. The van der Waals surface area contributed by atoms with Gasteiger partial charge in [-0.2, -0.15) is 0 Å². The lowest BCUT2D eigenvalue weighted by Crippen LogP contribution is -2.60. The lowest BCUT2D eigenvalue weighted by molar-refractivity contribution is -0.0374. The second-order valence-corrected chi connectivity index (χ2v) is 8.49. The predicted octanol–water partition coefficient (Wildman–Crippen LogP) is 4.45. The fourth-order valence-electron chi connectivity index (χ4n) is 3.53. The lowest BCUT2D eigenvalue weighted by Gasteiger charge is -2.46. The van der Waals surface area contributed by atoms with Gasteiger partial charge in [-0.25, -0.2) is 14.0 Å². The van der Waals surface area contributed by atoms with Crippen LogP contribution in [-0.4, -0.2) is 53.3 Å². The van der Waals surface area contributed by atoms with Crippen LogP contribution in [0, 0.1) is 5.82 Å². The minimum Gasteiger partial charge on any atom is -0.491 e. The minimum absolute atomic E-state index is 0.0611. The molecule has 2 atom stereocenters. The summed E-state index contributed by atoms with van der Waals surface area (Å²) in [6.07, 6.45) is 3.22. The summed E-state index contributed by atoms with van der Waals surface area (Å²) in [6, 6.07) is 5.90. The molecule has 8 heteroatoms. The quantitative estimate of drug-likeness (QED) is 0.652. The Morgan fingerprint density at radius 1 is 1.23 bits per heavy atom.